The van der Waals surface area contributed by atoms with Crippen molar-refractivity contribution in [3.63, 3.8) is 0 Å². The molecule has 0 aromatic heterocycles. The molecular weight excluding hydrogens is 404 g/mol. The summed E-state index contributed by atoms with van der Waals surface area (Å²) in [5.41, 5.74) is 2.97. The number of halogens is 1. The van der Waals surface area contributed by atoms with Crippen molar-refractivity contribution >= 4 is 29.1 Å². The van der Waals surface area contributed by atoms with Gasteiger partial charge < -0.3 is 19.7 Å². The molecular formula is C23H27ClN2O4. The number of hydrogen-bond donors (Lipinski definition) is 1. The number of nitrogens with zero attached hydrogens (tertiary/aromatic N) is 1. The van der Waals surface area contributed by atoms with E-state index in [1.54, 1.807) is 23.1 Å². The number of carbonyl (C=O) groups is 2. The lowest BCUT2D eigenvalue weighted by molar-refractivity contribution is -0.118. The highest BCUT2D eigenvalue weighted by atomic mass is 35.5. The van der Waals surface area contributed by atoms with Gasteiger partial charge in [0.1, 0.15) is 5.75 Å². The van der Waals surface area contributed by atoms with Crippen LogP contribution in [0.5, 0.6) is 5.75 Å². The quantitative estimate of drug-likeness (QED) is 0.743. The van der Waals surface area contributed by atoms with Crippen molar-refractivity contribution in [2.75, 3.05) is 38.2 Å². The van der Waals surface area contributed by atoms with Gasteiger partial charge in [0.2, 0.25) is 0 Å². The summed E-state index contributed by atoms with van der Waals surface area (Å²) in [6.45, 7) is 8.13. The largest absolute Gasteiger partial charge is 0.483 e. The zero-order valence-corrected chi connectivity index (χ0v) is 18.3. The first-order chi connectivity index (χ1) is 14.3. The number of amides is 2. The topological polar surface area (TPSA) is 67.9 Å². The molecule has 1 aliphatic rings. The average molecular weight is 431 g/mol. The van der Waals surface area contributed by atoms with E-state index in [1.807, 2.05) is 25.1 Å². The van der Waals surface area contributed by atoms with Crippen molar-refractivity contribution in [1.82, 2.24) is 4.90 Å². The molecule has 0 unspecified atom stereocenters. The van der Waals surface area contributed by atoms with Crippen molar-refractivity contribution in [2.45, 2.75) is 26.7 Å². The molecule has 1 N–H and O–H groups in total. The van der Waals surface area contributed by atoms with E-state index in [2.05, 4.69) is 19.2 Å². The second-order valence-corrected chi connectivity index (χ2v) is 8.04. The highest BCUT2D eigenvalue weighted by molar-refractivity contribution is 6.33. The van der Waals surface area contributed by atoms with Crippen molar-refractivity contribution in [1.29, 1.82) is 0 Å². The van der Waals surface area contributed by atoms with Crippen LogP contribution >= 0.6 is 11.6 Å². The molecule has 0 spiro atoms. The third kappa shape index (κ3) is 5.52. The van der Waals surface area contributed by atoms with Gasteiger partial charge in [-0.25, -0.2) is 0 Å². The van der Waals surface area contributed by atoms with Gasteiger partial charge in [-0.05, 0) is 48.2 Å². The Labute approximate surface area is 182 Å². The molecule has 30 heavy (non-hydrogen) atoms. The first kappa shape index (κ1) is 22.1. The Hall–Kier alpha value is -2.57. The van der Waals surface area contributed by atoms with Gasteiger partial charge in [0, 0.05) is 18.7 Å². The van der Waals surface area contributed by atoms with Crippen LogP contribution in [0.2, 0.25) is 5.02 Å². The predicted octanol–water partition coefficient (Wildman–Crippen LogP) is 4.26. The summed E-state index contributed by atoms with van der Waals surface area (Å²) in [5, 5.41) is 3.11. The molecule has 160 valence electrons. The van der Waals surface area contributed by atoms with Crippen LogP contribution in [-0.4, -0.2) is 49.6 Å². The summed E-state index contributed by atoms with van der Waals surface area (Å²) < 4.78 is 11.1. The lowest BCUT2D eigenvalue weighted by atomic mass is 10.0. The summed E-state index contributed by atoms with van der Waals surface area (Å²) in [6.07, 6.45) is 0. The minimum atomic E-state index is -0.343. The summed E-state index contributed by atoms with van der Waals surface area (Å²) in [7, 11) is 0. The molecule has 0 bridgehead atoms. The van der Waals surface area contributed by atoms with Crippen LogP contribution in [0, 0.1) is 6.92 Å². The maximum Gasteiger partial charge on any atom is 0.262 e. The molecule has 1 fully saturated rings. The van der Waals surface area contributed by atoms with Crippen LogP contribution in [-0.2, 0) is 9.53 Å². The summed E-state index contributed by atoms with van der Waals surface area (Å²) in [6, 6.07) is 10.8. The molecule has 1 aliphatic heterocycles. The lowest BCUT2D eigenvalue weighted by Crippen LogP contribution is -2.40. The van der Waals surface area contributed by atoms with E-state index >= 15 is 0 Å². The molecule has 0 atom stereocenters. The van der Waals surface area contributed by atoms with Gasteiger partial charge in [-0.3, -0.25) is 9.59 Å². The Kier molecular flexibility index (Phi) is 7.34. The zero-order valence-electron chi connectivity index (χ0n) is 17.5. The first-order valence-corrected chi connectivity index (χ1v) is 10.4. The van der Waals surface area contributed by atoms with Gasteiger partial charge >= 0.3 is 0 Å². The molecule has 2 amide bonds. The number of aryl methyl sites for hydroxylation is 1. The normalized spacial score (nSPS) is 14.0. The highest BCUT2D eigenvalue weighted by Crippen LogP contribution is 2.28. The smallest absolute Gasteiger partial charge is 0.262 e. The number of hydrogen-bond acceptors (Lipinski definition) is 4. The Morgan fingerprint density at radius 2 is 1.90 bits per heavy atom. The molecule has 0 saturated carbocycles. The van der Waals surface area contributed by atoms with Gasteiger partial charge in [0.05, 0.1) is 23.9 Å². The minimum absolute atomic E-state index is 0.108. The SMILES string of the molecule is Cc1ccc(C(C)C)c(OCC(=O)Nc2cc(C(=O)N3CCOCC3)ccc2Cl)c1. The average Bonchev–Trinajstić information content (AvgIpc) is 2.73. The third-order valence-electron chi connectivity index (χ3n) is 4.94. The third-order valence-corrected chi connectivity index (χ3v) is 5.27. The Morgan fingerprint density at radius 1 is 1.17 bits per heavy atom. The number of rotatable bonds is 6. The molecule has 1 heterocycles. The number of ether oxygens (including phenoxy) is 2. The highest BCUT2D eigenvalue weighted by Gasteiger charge is 2.20. The second-order valence-electron chi connectivity index (χ2n) is 7.63. The fourth-order valence-corrected chi connectivity index (χ4v) is 3.44. The molecule has 0 aliphatic carbocycles. The molecule has 2 aromatic rings. The number of morpholine rings is 1. The number of nitrogens with one attached hydrogen (secondary N) is 1. The van der Waals surface area contributed by atoms with Crippen molar-refractivity contribution < 1.29 is 19.1 Å². The molecule has 1 saturated heterocycles. The van der Waals surface area contributed by atoms with Crippen LogP contribution in [0.15, 0.2) is 36.4 Å². The van der Waals surface area contributed by atoms with E-state index in [0.29, 0.717) is 48.3 Å². The van der Waals surface area contributed by atoms with Gasteiger partial charge in [-0.15, -0.1) is 0 Å². The van der Waals surface area contributed by atoms with Crippen LogP contribution in [0.4, 0.5) is 5.69 Å². The van der Waals surface area contributed by atoms with E-state index in [0.717, 1.165) is 11.1 Å². The van der Waals surface area contributed by atoms with Crippen molar-refractivity contribution in [3.05, 3.63) is 58.1 Å². The molecule has 2 aromatic carbocycles. The van der Waals surface area contributed by atoms with Gasteiger partial charge in [0.15, 0.2) is 6.61 Å². The fourth-order valence-electron chi connectivity index (χ4n) is 3.28. The summed E-state index contributed by atoms with van der Waals surface area (Å²) in [4.78, 5) is 26.9. The molecule has 7 heteroatoms. The van der Waals surface area contributed by atoms with Crippen LogP contribution in [0.25, 0.3) is 0 Å². The molecule has 6 nitrogen and oxygen atoms in total. The first-order valence-electron chi connectivity index (χ1n) is 10.0. The van der Waals surface area contributed by atoms with E-state index in [1.165, 1.54) is 0 Å². The van der Waals surface area contributed by atoms with E-state index in [-0.39, 0.29) is 24.3 Å². The van der Waals surface area contributed by atoms with Crippen LogP contribution in [0.3, 0.4) is 0 Å². The standard InChI is InChI=1S/C23H27ClN2O4/c1-15(2)18-6-4-16(3)12-21(18)30-14-22(27)25-20-13-17(5-7-19(20)24)23(28)26-8-10-29-11-9-26/h4-7,12-13,15H,8-11,14H2,1-3H3,(H,25,27). The van der Waals surface area contributed by atoms with Crippen molar-refractivity contribution in [2.24, 2.45) is 0 Å². The monoisotopic (exact) mass is 430 g/mol. The van der Waals surface area contributed by atoms with Crippen LogP contribution < -0.4 is 10.1 Å². The maximum atomic E-state index is 12.7. The number of carbonyl (C=O) groups excluding carboxylic acids is 2. The van der Waals surface area contributed by atoms with Crippen molar-refractivity contribution in [3.8, 4) is 5.75 Å². The summed E-state index contributed by atoms with van der Waals surface area (Å²) in [5.74, 6) is 0.524. The van der Waals surface area contributed by atoms with Crippen LogP contribution in [0.1, 0.15) is 41.3 Å². The van der Waals surface area contributed by atoms with Gasteiger partial charge in [-0.1, -0.05) is 37.6 Å². The Balaban J connectivity index is 1.67. The Morgan fingerprint density at radius 3 is 2.60 bits per heavy atom. The van der Waals surface area contributed by atoms with Gasteiger partial charge in [0.25, 0.3) is 11.8 Å². The minimum Gasteiger partial charge on any atom is -0.483 e. The summed E-state index contributed by atoms with van der Waals surface area (Å²) >= 11 is 6.24. The second kappa shape index (κ2) is 9.96. The Bertz CT molecular complexity index is 923. The molecule has 3 rings (SSSR count). The van der Waals surface area contributed by atoms with Gasteiger partial charge in [-0.2, -0.15) is 0 Å². The molecule has 0 radical (unpaired) electrons. The number of anilines is 1. The zero-order chi connectivity index (χ0) is 21.7. The number of benzene rings is 2. The fraction of sp³-hybridized carbons (Fsp3) is 0.391. The lowest BCUT2D eigenvalue weighted by Gasteiger charge is -2.27. The van der Waals surface area contributed by atoms with E-state index in [9.17, 15) is 9.59 Å². The maximum absolute atomic E-state index is 12.7. The predicted molar refractivity (Wildman–Crippen MR) is 118 cm³/mol. The van der Waals surface area contributed by atoms with E-state index in [4.69, 9.17) is 21.1 Å². The van der Waals surface area contributed by atoms with E-state index < -0.39 is 0 Å².